The smallest absolute Gasteiger partial charge is 0.153 e. The highest BCUT2D eigenvalue weighted by atomic mass is 35.5. The van der Waals surface area contributed by atoms with E-state index in [1.807, 2.05) is 12.1 Å². The summed E-state index contributed by atoms with van der Waals surface area (Å²) in [6, 6.07) is 6.35. The van der Waals surface area contributed by atoms with E-state index in [0.717, 1.165) is 24.4 Å². The zero-order valence-corrected chi connectivity index (χ0v) is 9.78. The van der Waals surface area contributed by atoms with Crippen LogP contribution in [0.25, 0.3) is 0 Å². The van der Waals surface area contributed by atoms with Crippen molar-refractivity contribution < 1.29 is 4.79 Å². The van der Waals surface area contributed by atoms with Crippen molar-refractivity contribution in [2.24, 2.45) is 5.92 Å². The molecular weight excluding hydrogens is 222 g/mol. The molecule has 2 unspecified atom stereocenters. The van der Waals surface area contributed by atoms with E-state index in [1.165, 1.54) is 19.3 Å². The number of halogens is 1. The van der Waals surface area contributed by atoms with Gasteiger partial charge in [0.1, 0.15) is 0 Å². The van der Waals surface area contributed by atoms with Crippen LogP contribution in [-0.2, 0) is 0 Å². The molecule has 1 saturated heterocycles. The molecule has 0 N–H and O–H groups in total. The van der Waals surface area contributed by atoms with Gasteiger partial charge in [0.25, 0.3) is 0 Å². The molecule has 1 aromatic rings. The number of nitrogens with zero attached hydrogens (tertiary/aromatic N) is 1. The van der Waals surface area contributed by atoms with Crippen molar-refractivity contribution in [3.63, 3.8) is 0 Å². The zero-order valence-electron chi connectivity index (χ0n) is 9.03. The van der Waals surface area contributed by atoms with Crippen molar-refractivity contribution >= 4 is 23.6 Å². The van der Waals surface area contributed by atoms with E-state index < -0.39 is 0 Å². The Labute approximate surface area is 100 Å². The molecule has 2 fully saturated rings. The molecule has 1 saturated carbocycles. The third kappa shape index (κ3) is 1.44. The van der Waals surface area contributed by atoms with Gasteiger partial charge in [-0.05, 0) is 37.3 Å². The molecule has 2 nitrogen and oxygen atoms in total. The average Bonchev–Trinajstić information content (AvgIpc) is 2.90. The van der Waals surface area contributed by atoms with Crippen LogP contribution in [0.1, 0.15) is 29.6 Å². The number of rotatable bonds is 2. The first-order valence-corrected chi connectivity index (χ1v) is 6.17. The van der Waals surface area contributed by atoms with Crippen molar-refractivity contribution in [1.29, 1.82) is 0 Å². The first-order chi connectivity index (χ1) is 7.79. The lowest BCUT2D eigenvalue weighted by molar-refractivity contribution is 0.112. The molecule has 0 amide bonds. The number of anilines is 1. The molecule has 2 bridgehead atoms. The Kier molecular flexibility index (Phi) is 2.40. The quantitative estimate of drug-likeness (QED) is 0.734. The number of benzene rings is 1. The van der Waals surface area contributed by atoms with Crippen molar-refractivity contribution in [3.8, 4) is 0 Å². The summed E-state index contributed by atoms with van der Waals surface area (Å²) in [6.45, 7) is 1.09. The zero-order chi connectivity index (χ0) is 11.1. The molecule has 1 aliphatic carbocycles. The summed E-state index contributed by atoms with van der Waals surface area (Å²) in [5.74, 6) is 0.823. The third-order valence-electron chi connectivity index (χ3n) is 3.87. The van der Waals surface area contributed by atoms with Gasteiger partial charge in [-0.2, -0.15) is 0 Å². The largest absolute Gasteiger partial charge is 0.368 e. The molecule has 3 heteroatoms. The monoisotopic (exact) mass is 235 g/mol. The van der Waals surface area contributed by atoms with Gasteiger partial charge in [0, 0.05) is 18.3 Å². The van der Waals surface area contributed by atoms with Crippen molar-refractivity contribution in [2.45, 2.75) is 25.3 Å². The van der Waals surface area contributed by atoms with Crippen LogP contribution in [0.5, 0.6) is 0 Å². The Hall–Kier alpha value is -1.02. The molecule has 3 rings (SSSR count). The molecular formula is C13H14ClNO. The fourth-order valence-corrected chi connectivity index (χ4v) is 3.33. The Balaban J connectivity index is 2.00. The van der Waals surface area contributed by atoms with Crippen LogP contribution in [0.4, 0.5) is 5.69 Å². The summed E-state index contributed by atoms with van der Waals surface area (Å²) < 4.78 is 0. The summed E-state index contributed by atoms with van der Waals surface area (Å²) in [5.41, 5.74) is 1.67. The van der Waals surface area contributed by atoms with Crippen LogP contribution < -0.4 is 4.90 Å². The van der Waals surface area contributed by atoms with Crippen molar-refractivity contribution in [1.82, 2.24) is 0 Å². The summed E-state index contributed by atoms with van der Waals surface area (Å²) in [7, 11) is 0. The van der Waals surface area contributed by atoms with Crippen LogP contribution >= 0.6 is 11.6 Å². The lowest BCUT2D eigenvalue weighted by atomic mass is 10.1. The predicted octanol–water partition coefficient (Wildman–Crippen LogP) is 3.14. The van der Waals surface area contributed by atoms with Gasteiger partial charge in [-0.3, -0.25) is 4.79 Å². The number of piperidine rings is 1. The SMILES string of the molecule is O=Cc1c(Cl)cccc1N1CC2CCC1C2. The van der Waals surface area contributed by atoms with Gasteiger partial charge in [-0.25, -0.2) is 0 Å². The number of carbonyl (C=O) groups excluding carboxylic acids is 1. The standard InChI is InChI=1S/C13H14ClNO/c14-12-2-1-3-13(11(12)8-16)15-7-9-4-5-10(15)6-9/h1-3,8-10H,4-7H2. The maximum Gasteiger partial charge on any atom is 0.153 e. The number of fused-ring (bicyclic) bond motifs is 2. The van der Waals surface area contributed by atoms with Gasteiger partial charge in [0.2, 0.25) is 0 Å². The third-order valence-corrected chi connectivity index (χ3v) is 4.20. The number of hydrogen-bond acceptors (Lipinski definition) is 2. The topological polar surface area (TPSA) is 20.3 Å². The first-order valence-electron chi connectivity index (χ1n) is 5.80. The Morgan fingerprint density at radius 2 is 2.25 bits per heavy atom. The Morgan fingerprint density at radius 1 is 1.38 bits per heavy atom. The average molecular weight is 236 g/mol. The van der Waals surface area contributed by atoms with Gasteiger partial charge >= 0.3 is 0 Å². The van der Waals surface area contributed by atoms with E-state index in [1.54, 1.807) is 6.07 Å². The molecule has 0 spiro atoms. The first kappa shape index (κ1) is 10.2. The van der Waals surface area contributed by atoms with Crippen LogP contribution in [0.2, 0.25) is 5.02 Å². The lowest BCUT2D eigenvalue weighted by Crippen LogP contribution is -2.32. The minimum atomic E-state index is 0.565. The van der Waals surface area contributed by atoms with E-state index in [4.69, 9.17) is 11.6 Å². The maximum absolute atomic E-state index is 11.1. The highest BCUT2D eigenvalue weighted by Gasteiger charge is 2.38. The van der Waals surface area contributed by atoms with E-state index in [0.29, 0.717) is 16.6 Å². The highest BCUT2D eigenvalue weighted by Crippen LogP contribution is 2.41. The second kappa shape index (κ2) is 3.77. The van der Waals surface area contributed by atoms with Gasteiger partial charge in [0.05, 0.1) is 10.6 Å². The molecule has 84 valence electrons. The maximum atomic E-state index is 11.1. The van der Waals surface area contributed by atoms with Crippen LogP contribution in [0, 0.1) is 5.92 Å². The van der Waals surface area contributed by atoms with E-state index >= 15 is 0 Å². The van der Waals surface area contributed by atoms with E-state index in [-0.39, 0.29) is 0 Å². The van der Waals surface area contributed by atoms with Crippen molar-refractivity contribution in [3.05, 3.63) is 28.8 Å². The predicted molar refractivity (Wildman–Crippen MR) is 65.3 cm³/mol. The minimum Gasteiger partial charge on any atom is -0.368 e. The van der Waals surface area contributed by atoms with Crippen LogP contribution in [-0.4, -0.2) is 18.9 Å². The molecule has 1 heterocycles. The fraction of sp³-hybridized carbons (Fsp3) is 0.462. The molecule has 1 aliphatic heterocycles. The summed E-state index contributed by atoms with van der Waals surface area (Å²) in [6.07, 6.45) is 4.77. The van der Waals surface area contributed by atoms with Crippen molar-refractivity contribution in [2.75, 3.05) is 11.4 Å². The summed E-state index contributed by atoms with van der Waals surface area (Å²) >= 11 is 6.05. The van der Waals surface area contributed by atoms with Gasteiger partial charge < -0.3 is 4.90 Å². The molecule has 16 heavy (non-hydrogen) atoms. The van der Waals surface area contributed by atoms with Crippen LogP contribution in [0.3, 0.4) is 0 Å². The lowest BCUT2D eigenvalue weighted by Gasteiger charge is -2.30. The second-order valence-electron chi connectivity index (χ2n) is 4.78. The van der Waals surface area contributed by atoms with Gasteiger partial charge in [0.15, 0.2) is 6.29 Å². The Morgan fingerprint density at radius 3 is 2.88 bits per heavy atom. The summed E-state index contributed by atoms with van der Waals surface area (Å²) in [5, 5.41) is 0.565. The fourth-order valence-electron chi connectivity index (χ4n) is 3.11. The Bertz CT molecular complexity index is 432. The molecule has 0 radical (unpaired) electrons. The number of carbonyl (C=O) groups is 1. The molecule has 0 aromatic heterocycles. The van der Waals surface area contributed by atoms with Crippen LogP contribution in [0.15, 0.2) is 18.2 Å². The summed E-state index contributed by atoms with van der Waals surface area (Å²) in [4.78, 5) is 13.5. The van der Waals surface area contributed by atoms with E-state index in [9.17, 15) is 4.79 Å². The normalized spacial score (nSPS) is 27.4. The molecule has 2 aliphatic rings. The van der Waals surface area contributed by atoms with E-state index in [2.05, 4.69) is 4.90 Å². The molecule has 1 aromatic carbocycles. The minimum absolute atomic E-state index is 0.565. The van der Waals surface area contributed by atoms with Gasteiger partial charge in [-0.15, -0.1) is 0 Å². The molecule has 2 atom stereocenters. The number of hydrogen-bond donors (Lipinski definition) is 0. The highest BCUT2D eigenvalue weighted by molar-refractivity contribution is 6.33. The second-order valence-corrected chi connectivity index (χ2v) is 5.18. The number of aldehydes is 1. The van der Waals surface area contributed by atoms with Gasteiger partial charge in [-0.1, -0.05) is 17.7 Å².